The van der Waals surface area contributed by atoms with Crippen LogP contribution in [0.25, 0.3) is 0 Å². The minimum Gasteiger partial charge on any atom is -0.388 e. The van der Waals surface area contributed by atoms with Crippen LogP contribution in [-0.4, -0.2) is 15.4 Å². The first-order valence-electron chi connectivity index (χ1n) is 6.09. The highest BCUT2D eigenvalue weighted by atomic mass is 15.1. The lowest BCUT2D eigenvalue weighted by Crippen LogP contribution is -2.20. The fraction of sp³-hybridized carbons (Fsp3) is 0.667. The molecule has 3 N–H and O–H groups in total. The first-order valence-corrected chi connectivity index (χ1v) is 6.09. The van der Waals surface area contributed by atoms with Crippen LogP contribution >= 0.6 is 0 Å². The molecule has 0 amide bonds. The molecule has 0 saturated carbocycles. The first-order chi connectivity index (χ1) is 7.72. The Bertz CT molecular complexity index is 380. The summed E-state index contributed by atoms with van der Waals surface area (Å²) < 4.78 is 2.25. The van der Waals surface area contributed by atoms with Gasteiger partial charge in [-0.1, -0.05) is 6.92 Å². The van der Waals surface area contributed by atoms with Gasteiger partial charge in [-0.05, 0) is 32.1 Å². The van der Waals surface area contributed by atoms with Crippen LogP contribution < -0.4 is 5.73 Å². The zero-order valence-corrected chi connectivity index (χ0v) is 9.87. The van der Waals surface area contributed by atoms with E-state index in [0.717, 1.165) is 19.3 Å². The number of hydrogen-bond donors (Lipinski definition) is 2. The van der Waals surface area contributed by atoms with Crippen molar-refractivity contribution < 1.29 is 0 Å². The third kappa shape index (κ3) is 2.10. The molecule has 0 saturated heterocycles. The normalized spacial score (nSPS) is 16.8. The molecule has 1 unspecified atom stereocenters. The Morgan fingerprint density at radius 2 is 2.31 bits per heavy atom. The van der Waals surface area contributed by atoms with Gasteiger partial charge in [0.15, 0.2) is 0 Å². The molecule has 0 fully saturated rings. The summed E-state index contributed by atoms with van der Waals surface area (Å²) in [6, 6.07) is 0.312. The number of nitrogens with two attached hydrogens (primary N) is 1. The zero-order valence-electron chi connectivity index (χ0n) is 9.87. The lowest BCUT2D eigenvalue weighted by atomic mass is 10.00. The van der Waals surface area contributed by atoms with Crippen molar-refractivity contribution in [3.8, 4) is 0 Å². The fourth-order valence-corrected chi connectivity index (χ4v) is 2.50. The summed E-state index contributed by atoms with van der Waals surface area (Å²) in [6.07, 6.45) is 8.33. The largest absolute Gasteiger partial charge is 0.388 e. The Balaban J connectivity index is 2.24. The molecular formula is C12H20N4. The van der Waals surface area contributed by atoms with Gasteiger partial charge in [-0.25, -0.2) is 4.98 Å². The maximum atomic E-state index is 7.41. The van der Waals surface area contributed by atoms with E-state index in [2.05, 4.69) is 16.5 Å². The van der Waals surface area contributed by atoms with Crippen LogP contribution in [0.15, 0.2) is 6.33 Å². The van der Waals surface area contributed by atoms with Crippen molar-refractivity contribution in [1.29, 1.82) is 5.41 Å². The van der Waals surface area contributed by atoms with Gasteiger partial charge in [0.25, 0.3) is 0 Å². The molecule has 0 bridgehead atoms. The van der Waals surface area contributed by atoms with Crippen LogP contribution in [-0.2, 0) is 12.8 Å². The molecule has 2 rings (SSSR count). The monoisotopic (exact) mass is 220 g/mol. The molecule has 16 heavy (non-hydrogen) atoms. The maximum Gasteiger partial charge on any atom is 0.0954 e. The third-order valence-corrected chi connectivity index (χ3v) is 3.38. The second kappa shape index (κ2) is 4.68. The molecular weight excluding hydrogens is 200 g/mol. The van der Waals surface area contributed by atoms with Crippen molar-refractivity contribution in [2.24, 2.45) is 5.73 Å². The summed E-state index contributed by atoms with van der Waals surface area (Å²) in [4.78, 5) is 4.48. The SMILES string of the molecule is CCC(CC(=N)N)n1cnc2c1CCCC2. The van der Waals surface area contributed by atoms with E-state index in [9.17, 15) is 0 Å². The molecule has 0 aromatic carbocycles. The van der Waals surface area contributed by atoms with Crippen molar-refractivity contribution >= 4 is 5.84 Å². The Hall–Kier alpha value is -1.32. The highest BCUT2D eigenvalue weighted by molar-refractivity contribution is 5.77. The summed E-state index contributed by atoms with van der Waals surface area (Å²) in [6.45, 7) is 2.14. The van der Waals surface area contributed by atoms with E-state index in [-0.39, 0.29) is 5.84 Å². The highest BCUT2D eigenvalue weighted by Gasteiger charge is 2.19. The smallest absolute Gasteiger partial charge is 0.0954 e. The second-order valence-corrected chi connectivity index (χ2v) is 4.54. The minimum absolute atomic E-state index is 0.269. The van der Waals surface area contributed by atoms with E-state index >= 15 is 0 Å². The standard InChI is InChI=1S/C12H20N4/c1-2-9(7-12(13)14)16-8-15-10-5-3-4-6-11(10)16/h8-9H,2-7H2,1H3,(H3,13,14). The molecule has 0 radical (unpaired) electrons. The van der Waals surface area contributed by atoms with Crippen molar-refractivity contribution in [2.45, 2.75) is 51.5 Å². The number of rotatable bonds is 4. The van der Waals surface area contributed by atoms with Crippen molar-refractivity contribution in [3.05, 3.63) is 17.7 Å². The van der Waals surface area contributed by atoms with Gasteiger partial charge in [0.1, 0.15) is 0 Å². The number of aryl methyl sites for hydroxylation is 1. The molecule has 1 aliphatic rings. The lowest BCUT2D eigenvalue weighted by molar-refractivity contribution is 0.474. The van der Waals surface area contributed by atoms with Crippen molar-refractivity contribution in [3.63, 3.8) is 0 Å². The summed E-state index contributed by atoms with van der Waals surface area (Å²) in [7, 11) is 0. The van der Waals surface area contributed by atoms with Gasteiger partial charge >= 0.3 is 0 Å². The van der Waals surface area contributed by atoms with Gasteiger partial charge < -0.3 is 10.3 Å². The molecule has 1 aromatic heterocycles. The average Bonchev–Trinajstić information content (AvgIpc) is 2.69. The van der Waals surface area contributed by atoms with Gasteiger partial charge in [0.05, 0.1) is 17.9 Å². The van der Waals surface area contributed by atoms with Crippen LogP contribution in [0, 0.1) is 5.41 Å². The number of imidazole rings is 1. The Morgan fingerprint density at radius 1 is 1.56 bits per heavy atom. The summed E-state index contributed by atoms with van der Waals surface area (Å²) in [5, 5.41) is 7.41. The van der Waals surface area contributed by atoms with Crippen LogP contribution in [0.5, 0.6) is 0 Å². The van der Waals surface area contributed by atoms with Gasteiger partial charge in [0, 0.05) is 18.2 Å². The molecule has 4 heteroatoms. The Morgan fingerprint density at radius 3 is 3.00 bits per heavy atom. The quantitative estimate of drug-likeness (QED) is 0.602. The Kier molecular flexibility index (Phi) is 3.27. The van der Waals surface area contributed by atoms with Crippen LogP contribution in [0.2, 0.25) is 0 Å². The summed E-state index contributed by atoms with van der Waals surface area (Å²) >= 11 is 0. The van der Waals surface area contributed by atoms with Crippen molar-refractivity contribution in [2.75, 3.05) is 0 Å². The summed E-state index contributed by atoms with van der Waals surface area (Å²) in [5.74, 6) is 0.269. The number of amidine groups is 1. The number of fused-ring (bicyclic) bond motifs is 1. The molecule has 0 aliphatic heterocycles. The third-order valence-electron chi connectivity index (χ3n) is 3.38. The van der Waals surface area contributed by atoms with E-state index < -0.39 is 0 Å². The maximum absolute atomic E-state index is 7.41. The molecule has 0 spiro atoms. The van der Waals surface area contributed by atoms with E-state index in [1.54, 1.807) is 0 Å². The van der Waals surface area contributed by atoms with Gasteiger partial charge in [0.2, 0.25) is 0 Å². The lowest BCUT2D eigenvalue weighted by Gasteiger charge is -2.21. The predicted octanol–water partition coefficient (Wildman–Crippen LogP) is 2.04. The van der Waals surface area contributed by atoms with Crippen LogP contribution in [0.3, 0.4) is 0 Å². The van der Waals surface area contributed by atoms with E-state index in [1.807, 2.05) is 6.33 Å². The Labute approximate surface area is 96.4 Å². The predicted molar refractivity (Wildman–Crippen MR) is 64.7 cm³/mol. The molecule has 1 heterocycles. The molecule has 1 aliphatic carbocycles. The average molecular weight is 220 g/mol. The summed E-state index contributed by atoms with van der Waals surface area (Å²) in [5.41, 5.74) is 8.13. The van der Waals surface area contributed by atoms with E-state index in [4.69, 9.17) is 11.1 Å². The topological polar surface area (TPSA) is 67.7 Å². The van der Waals surface area contributed by atoms with Gasteiger partial charge in [-0.2, -0.15) is 0 Å². The zero-order chi connectivity index (χ0) is 11.5. The van der Waals surface area contributed by atoms with Gasteiger partial charge in [-0.15, -0.1) is 0 Å². The van der Waals surface area contributed by atoms with E-state index in [1.165, 1.54) is 24.2 Å². The van der Waals surface area contributed by atoms with Crippen LogP contribution in [0.1, 0.15) is 50.0 Å². The number of hydrogen-bond acceptors (Lipinski definition) is 2. The first kappa shape index (κ1) is 11.2. The van der Waals surface area contributed by atoms with Crippen molar-refractivity contribution in [1.82, 2.24) is 9.55 Å². The van der Waals surface area contributed by atoms with Gasteiger partial charge in [-0.3, -0.25) is 5.41 Å². The number of aromatic nitrogens is 2. The molecule has 1 atom stereocenters. The number of nitrogens with zero attached hydrogens (tertiary/aromatic N) is 2. The molecule has 4 nitrogen and oxygen atoms in total. The second-order valence-electron chi connectivity index (χ2n) is 4.54. The molecule has 88 valence electrons. The molecule has 1 aromatic rings. The highest BCUT2D eigenvalue weighted by Crippen LogP contribution is 2.25. The number of nitrogens with one attached hydrogen (secondary N) is 1. The van der Waals surface area contributed by atoms with E-state index in [0.29, 0.717) is 12.5 Å². The minimum atomic E-state index is 0.269. The van der Waals surface area contributed by atoms with Crippen LogP contribution in [0.4, 0.5) is 0 Å². The fourth-order valence-electron chi connectivity index (χ4n) is 2.50.